The van der Waals surface area contributed by atoms with Crippen LogP contribution in [0.1, 0.15) is 12.8 Å². The molecule has 1 heterocycles. The summed E-state index contributed by atoms with van der Waals surface area (Å²) in [7, 11) is 0. The van der Waals surface area contributed by atoms with E-state index in [1.54, 1.807) is 0 Å². The van der Waals surface area contributed by atoms with Crippen LogP contribution in [0.3, 0.4) is 0 Å². The molecule has 10 heavy (non-hydrogen) atoms. The molecule has 0 unspecified atom stereocenters. The molecule has 1 rings (SSSR count). The zero-order valence-corrected chi connectivity index (χ0v) is 6.52. The maximum atomic E-state index is 12.9. The second kappa shape index (κ2) is 4.09. The fourth-order valence-electron chi connectivity index (χ4n) is 1.05. The lowest BCUT2D eigenvalue weighted by molar-refractivity contribution is 0.0882. The normalized spacial score (nSPS) is 33.0. The smallest absolute Gasteiger partial charge is 0.151 e. The highest BCUT2D eigenvalue weighted by Crippen LogP contribution is 2.20. The Kier molecular flexibility index (Phi) is 4.13. The Labute approximate surface area is 65.6 Å². The lowest BCUT2D eigenvalue weighted by Gasteiger charge is -2.26. The van der Waals surface area contributed by atoms with Crippen LogP contribution in [0.25, 0.3) is 0 Å². The van der Waals surface area contributed by atoms with Crippen molar-refractivity contribution >= 4 is 12.4 Å². The highest BCUT2D eigenvalue weighted by Gasteiger charge is 2.31. The van der Waals surface area contributed by atoms with Gasteiger partial charge in [-0.3, -0.25) is 0 Å². The first-order valence-corrected chi connectivity index (χ1v) is 3.22. The number of rotatable bonds is 1. The average Bonchev–Trinajstić information content (AvgIpc) is 1.90. The van der Waals surface area contributed by atoms with Crippen molar-refractivity contribution in [2.24, 2.45) is 0 Å². The third-order valence-electron chi connectivity index (χ3n) is 1.66. The highest BCUT2D eigenvalue weighted by molar-refractivity contribution is 5.85. The Morgan fingerprint density at radius 2 is 2.20 bits per heavy atom. The SMILES string of the molecule is Cl.FC[C@]1(F)CCCNC1. The molecule has 1 N–H and O–H groups in total. The molecule has 0 spiro atoms. The van der Waals surface area contributed by atoms with E-state index in [4.69, 9.17) is 0 Å². The van der Waals surface area contributed by atoms with Crippen molar-refractivity contribution in [2.75, 3.05) is 19.8 Å². The van der Waals surface area contributed by atoms with Gasteiger partial charge in [0, 0.05) is 6.54 Å². The minimum atomic E-state index is -1.56. The van der Waals surface area contributed by atoms with E-state index in [-0.39, 0.29) is 19.0 Å². The number of alkyl halides is 2. The number of piperidine rings is 1. The predicted octanol–water partition coefficient (Wildman–Crippen LogP) is 1.47. The molecule has 0 aromatic heterocycles. The largest absolute Gasteiger partial charge is 0.313 e. The van der Waals surface area contributed by atoms with E-state index in [1.165, 1.54) is 0 Å². The van der Waals surface area contributed by atoms with E-state index in [0.717, 1.165) is 13.0 Å². The molecular weight excluding hydrogens is 160 g/mol. The van der Waals surface area contributed by atoms with Crippen molar-refractivity contribution in [2.45, 2.75) is 18.5 Å². The fourth-order valence-corrected chi connectivity index (χ4v) is 1.05. The number of hydrogen-bond acceptors (Lipinski definition) is 1. The molecule has 0 aromatic carbocycles. The van der Waals surface area contributed by atoms with Crippen molar-refractivity contribution < 1.29 is 8.78 Å². The lowest BCUT2D eigenvalue weighted by atomic mass is 9.98. The standard InChI is InChI=1S/C6H11F2N.ClH/c7-4-6(8)2-1-3-9-5-6;/h9H,1-5H2;1H/t6-;/m1./s1. The summed E-state index contributed by atoms with van der Waals surface area (Å²) in [4.78, 5) is 0. The summed E-state index contributed by atoms with van der Waals surface area (Å²) in [6.45, 7) is 0.162. The molecule has 4 heteroatoms. The molecule has 1 saturated heterocycles. The molecule has 0 bridgehead atoms. The molecule has 0 saturated carbocycles. The van der Waals surface area contributed by atoms with Crippen LogP contribution in [0.4, 0.5) is 8.78 Å². The van der Waals surface area contributed by atoms with Crippen LogP contribution in [-0.4, -0.2) is 25.4 Å². The fraction of sp³-hybridized carbons (Fsp3) is 1.00. The Morgan fingerprint density at radius 1 is 1.50 bits per heavy atom. The molecule has 1 nitrogen and oxygen atoms in total. The van der Waals surface area contributed by atoms with Gasteiger partial charge in [-0.05, 0) is 19.4 Å². The number of halogens is 3. The minimum absolute atomic E-state index is 0. The van der Waals surface area contributed by atoms with Gasteiger partial charge in [0.05, 0.1) is 0 Å². The maximum Gasteiger partial charge on any atom is 0.151 e. The van der Waals surface area contributed by atoms with Crippen LogP contribution in [0.2, 0.25) is 0 Å². The Balaban J connectivity index is 0.000000810. The molecule has 0 aliphatic carbocycles. The molecule has 1 fully saturated rings. The molecular formula is C6H12ClF2N. The third-order valence-corrected chi connectivity index (χ3v) is 1.66. The molecule has 1 atom stereocenters. The first-order valence-electron chi connectivity index (χ1n) is 3.22. The highest BCUT2D eigenvalue weighted by atomic mass is 35.5. The third kappa shape index (κ3) is 2.39. The van der Waals surface area contributed by atoms with E-state index in [1.807, 2.05) is 0 Å². The second-order valence-corrected chi connectivity index (χ2v) is 2.56. The predicted molar refractivity (Wildman–Crippen MR) is 39.2 cm³/mol. The van der Waals surface area contributed by atoms with Gasteiger partial charge >= 0.3 is 0 Å². The van der Waals surface area contributed by atoms with Crippen molar-refractivity contribution in [3.63, 3.8) is 0 Å². The topological polar surface area (TPSA) is 12.0 Å². The van der Waals surface area contributed by atoms with Crippen LogP contribution < -0.4 is 5.32 Å². The van der Waals surface area contributed by atoms with E-state index >= 15 is 0 Å². The van der Waals surface area contributed by atoms with Crippen LogP contribution in [-0.2, 0) is 0 Å². The summed E-state index contributed by atoms with van der Waals surface area (Å²) in [6, 6.07) is 0. The van der Waals surface area contributed by atoms with E-state index < -0.39 is 12.3 Å². The Hall–Kier alpha value is 0.110. The summed E-state index contributed by atoms with van der Waals surface area (Å²) < 4.78 is 24.7. The molecule has 0 aromatic rings. The van der Waals surface area contributed by atoms with Gasteiger partial charge in [-0.15, -0.1) is 12.4 Å². The monoisotopic (exact) mass is 171 g/mol. The van der Waals surface area contributed by atoms with Gasteiger partial charge in [0.1, 0.15) is 6.67 Å². The molecule has 0 radical (unpaired) electrons. The Bertz CT molecular complexity index is 93.7. The van der Waals surface area contributed by atoms with Gasteiger partial charge in [-0.1, -0.05) is 0 Å². The zero-order chi connectivity index (χ0) is 6.74. The molecule has 1 aliphatic rings. The minimum Gasteiger partial charge on any atom is -0.313 e. The summed E-state index contributed by atoms with van der Waals surface area (Å²) in [5, 5.41) is 2.81. The van der Waals surface area contributed by atoms with Crippen LogP contribution in [0.15, 0.2) is 0 Å². The van der Waals surface area contributed by atoms with E-state index in [2.05, 4.69) is 5.32 Å². The summed E-state index contributed by atoms with van der Waals surface area (Å²) in [5.74, 6) is 0. The Morgan fingerprint density at radius 3 is 2.50 bits per heavy atom. The van der Waals surface area contributed by atoms with Gasteiger partial charge in [0.2, 0.25) is 0 Å². The number of nitrogens with one attached hydrogen (secondary N) is 1. The van der Waals surface area contributed by atoms with Gasteiger partial charge < -0.3 is 5.32 Å². The van der Waals surface area contributed by atoms with Gasteiger partial charge in [-0.2, -0.15) is 0 Å². The van der Waals surface area contributed by atoms with E-state index in [9.17, 15) is 8.78 Å². The average molecular weight is 172 g/mol. The van der Waals surface area contributed by atoms with E-state index in [0.29, 0.717) is 6.42 Å². The molecule has 1 aliphatic heterocycles. The molecule has 62 valence electrons. The second-order valence-electron chi connectivity index (χ2n) is 2.56. The van der Waals surface area contributed by atoms with Crippen LogP contribution in [0, 0.1) is 0 Å². The van der Waals surface area contributed by atoms with Crippen molar-refractivity contribution in [1.82, 2.24) is 5.32 Å². The quantitative estimate of drug-likeness (QED) is 0.630. The first kappa shape index (κ1) is 10.1. The molecule has 0 amide bonds. The zero-order valence-electron chi connectivity index (χ0n) is 5.70. The van der Waals surface area contributed by atoms with Gasteiger partial charge in [0.25, 0.3) is 0 Å². The summed E-state index contributed by atoms with van der Waals surface area (Å²) >= 11 is 0. The van der Waals surface area contributed by atoms with Crippen molar-refractivity contribution in [1.29, 1.82) is 0 Å². The number of hydrogen-bond donors (Lipinski definition) is 1. The van der Waals surface area contributed by atoms with Crippen molar-refractivity contribution in [3.05, 3.63) is 0 Å². The van der Waals surface area contributed by atoms with Gasteiger partial charge in [-0.25, -0.2) is 8.78 Å². The lowest BCUT2D eigenvalue weighted by Crippen LogP contribution is -2.43. The summed E-state index contributed by atoms with van der Waals surface area (Å²) in [5.41, 5.74) is -1.56. The summed E-state index contributed by atoms with van der Waals surface area (Å²) in [6.07, 6.45) is 1.12. The van der Waals surface area contributed by atoms with Crippen molar-refractivity contribution in [3.8, 4) is 0 Å². The van der Waals surface area contributed by atoms with Gasteiger partial charge in [0.15, 0.2) is 5.67 Å². The van der Waals surface area contributed by atoms with Crippen LogP contribution >= 0.6 is 12.4 Å². The first-order chi connectivity index (χ1) is 4.27. The van der Waals surface area contributed by atoms with Crippen LogP contribution in [0.5, 0.6) is 0 Å². The maximum absolute atomic E-state index is 12.9.